The van der Waals surface area contributed by atoms with Crippen LogP contribution in [0.5, 0.6) is 0 Å². The zero-order chi connectivity index (χ0) is 25.6. The van der Waals surface area contributed by atoms with Gasteiger partial charge in [-0.2, -0.15) is 0 Å². The fourth-order valence-corrected chi connectivity index (χ4v) is 8.78. The van der Waals surface area contributed by atoms with Gasteiger partial charge < -0.3 is 4.57 Å². The molecule has 0 N–H and O–H groups in total. The SMILES string of the molecule is CC1(C)c2cccc3c2-n2c4c1cccc4c1cc(-c4cccc5sc6ccccc6c45)cc(c12)C3(C)C. The molecule has 5 aromatic carbocycles. The molecule has 38 heavy (non-hydrogen) atoms. The molecule has 0 bridgehead atoms. The summed E-state index contributed by atoms with van der Waals surface area (Å²) >= 11 is 1.90. The summed E-state index contributed by atoms with van der Waals surface area (Å²) in [7, 11) is 0. The van der Waals surface area contributed by atoms with Crippen LogP contribution in [-0.2, 0) is 10.8 Å². The summed E-state index contributed by atoms with van der Waals surface area (Å²) in [5, 5.41) is 5.48. The van der Waals surface area contributed by atoms with Crippen molar-refractivity contribution in [3.8, 4) is 16.8 Å². The van der Waals surface area contributed by atoms with E-state index in [-0.39, 0.29) is 10.8 Å². The lowest BCUT2D eigenvalue weighted by Gasteiger charge is -2.42. The fourth-order valence-electron chi connectivity index (χ4n) is 7.65. The zero-order valence-electron chi connectivity index (χ0n) is 22.0. The number of aromatic nitrogens is 1. The molecule has 0 radical (unpaired) electrons. The lowest BCUT2D eigenvalue weighted by molar-refractivity contribution is 0.594. The van der Waals surface area contributed by atoms with Crippen molar-refractivity contribution >= 4 is 53.3 Å². The Balaban J connectivity index is 1.50. The van der Waals surface area contributed by atoms with Gasteiger partial charge in [-0.05, 0) is 57.6 Å². The van der Waals surface area contributed by atoms with Gasteiger partial charge in [-0.3, -0.25) is 0 Å². The molecule has 0 aliphatic carbocycles. The topological polar surface area (TPSA) is 4.93 Å². The summed E-state index contributed by atoms with van der Waals surface area (Å²) in [5.74, 6) is 0. The summed E-state index contributed by atoms with van der Waals surface area (Å²) in [4.78, 5) is 0. The molecular weight excluding hydrogens is 478 g/mol. The summed E-state index contributed by atoms with van der Waals surface area (Å²) in [6.07, 6.45) is 0. The third-order valence-electron chi connectivity index (χ3n) is 9.55. The lowest BCUT2D eigenvalue weighted by atomic mass is 9.68. The van der Waals surface area contributed by atoms with Gasteiger partial charge in [-0.1, -0.05) is 94.4 Å². The average molecular weight is 506 g/mol. The van der Waals surface area contributed by atoms with Gasteiger partial charge in [0.2, 0.25) is 0 Å². The van der Waals surface area contributed by atoms with E-state index >= 15 is 0 Å². The molecule has 0 fully saturated rings. The first-order chi connectivity index (χ1) is 18.4. The standard InChI is InChI=1S/C36H27NS/c1-35(2)25-13-7-12-22-24-18-20(21-11-8-17-30-31(21)23-10-5-6-16-29(23)38-30)19-28-33(24)37(32(22)25)34-26(35)14-9-15-27(34)36(28,3)4/h5-19H,1-4H3. The number of nitrogens with zero attached hydrogens (tertiary/aromatic N) is 1. The van der Waals surface area contributed by atoms with Crippen molar-refractivity contribution in [1.82, 2.24) is 4.57 Å². The lowest BCUT2D eigenvalue weighted by Crippen LogP contribution is -2.33. The molecule has 9 rings (SSSR count). The Morgan fingerprint density at radius 2 is 1.18 bits per heavy atom. The van der Waals surface area contributed by atoms with Crippen molar-refractivity contribution in [2.24, 2.45) is 0 Å². The molecule has 7 aromatic rings. The number of thiophene rings is 1. The monoisotopic (exact) mass is 505 g/mol. The van der Waals surface area contributed by atoms with Crippen molar-refractivity contribution in [2.75, 3.05) is 0 Å². The molecular formula is C36H27NS. The second-order valence-electron chi connectivity index (χ2n) is 12.2. The summed E-state index contributed by atoms with van der Waals surface area (Å²) in [5.41, 5.74) is 12.4. The van der Waals surface area contributed by atoms with Crippen LogP contribution in [0.15, 0.2) is 91.0 Å². The molecule has 0 unspecified atom stereocenters. The number of rotatable bonds is 1. The zero-order valence-corrected chi connectivity index (χ0v) is 22.8. The van der Waals surface area contributed by atoms with Crippen molar-refractivity contribution in [3.63, 3.8) is 0 Å². The van der Waals surface area contributed by atoms with E-state index in [0.29, 0.717) is 0 Å². The van der Waals surface area contributed by atoms with Crippen LogP contribution in [0.3, 0.4) is 0 Å². The van der Waals surface area contributed by atoms with Gasteiger partial charge in [0.1, 0.15) is 0 Å². The van der Waals surface area contributed by atoms with E-state index < -0.39 is 0 Å². The molecule has 0 amide bonds. The first-order valence-corrected chi connectivity index (χ1v) is 14.4. The molecule has 2 aliphatic rings. The summed E-state index contributed by atoms with van der Waals surface area (Å²) in [6.45, 7) is 9.64. The Morgan fingerprint density at radius 3 is 2.03 bits per heavy atom. The second kappa shape index (κ2) is 6.57. The molecule has 0 atom stereocenters. The van der Waals surface area contributed by atoms with Crippen LogP contribution >= 0.6 is 11.3 Å². The number of benzene rings is 5. The van der Waals surface area contributed by atoms with Gasteiger partial charge in [0, 0.05) is 41.8 Å². The van der Waals surface area contributed by atoms with Crippen molar-refractivity contribution in [1.29, 1.82) is 0 Å². The first kappa shape index (κ1) is 21.1. The van der Waals surface area contributed by atoms with Crippen molar-refractivity contribution in [3.05, 3.63) is 113 Å². The van der Waals surface area contributed by atoms with E-state index in [4.69, 9.17) is 0 Å². The molecule has 2 heteroatoms. The Bertz CT molecular complexity index is 2180. The molecule has 4 heterocycles. The minimum Gasteiger partial charge on any atom is -0.308 e. The highest BCUT2D eigenvalue weighted by Gasteiger charge is 2.43. The van der Waals surface area contributed by atoms with Crippen LogP contribution in [0.1, 0.15) is 49.9 Å². The minimum atomic E-state index is -0.109. The van der Waals surface area contributed by atoms with E-state index in [1.54, 1.807) is 0 Å². The smallest absolute Gasteiger partial charge is 0.0582 e. The Labute approximate surface area is 226 Å². The maximum Gasteiger partial charge on any atom is 0.0582 e. The van der Waals surface area contributed by atoms with Gasteiger partial charge in [0.05, 0.1) is 16.7 Å². The van der Waals surface area contributed by atoms with Crippen LogP contribution in [0.2, 0.25) is 0 Å². The van der Waals surface area contributed by atoms with Crippen LogP contribution in [0.25, 0.3) is 58.8 Å². The summed E-state index contributed by atoms with van der Waals surface area (Å²) < 4.78 is 5.32. The van der Waals surface area contributed by atoms with E-state index in [9.17, 15) is 0 Å². The van der Waals surface area contributed by atoms with E-state index in [1.807, 2.05) is 11.3 Å². The van der Waals surface area contributed by atoms with E-state index in [0.717, 1.165) is 0 Å². The van der Waals surface area contributed by atoms with E-state index in [1.165, 1.54) is 81.0 Å². The molecule has 2 aliphatic heterocycles. The Morgan fingerprint density at radius 1 is 0.553 bits per heavy atom. The van der Waals surface area contributed by atoms with Crippen molar-refractivity contribution in [2.45, 2.75) is 38.5 Å². The van der Waals surface area contributed by atoms with Gasteiger partial charge in [0.25, 0.3) is 0 Å². The van der Waals surface area contributed by atoms with Crippen LogP contribution in [-0.4, -0.2) is 4.57 Å². The maximum absolute atomic E-state index is 2.61. The Hall–Kier alpha value is -3.88. The highest BCUT2D eigenvalue weighted by molar-refractivity contribution is 7.25. The molecule has 182 valence electrons. The highest BCUT2D eigenvalue weighted by atomic mass is 32.1. The molecule has 2 aromatic heterocycles. The largest absolute Gasteiger partial charge is 0.308 e. The Kier molecular flexibility index (Phi) is 3.65. The van der Waals surface area contributed by atoms with Crippen molar-refractivity contribution < 1.29 is 0 Å². The fraction of sp³-hybridized carbons (Fsp3) is 0.167. The highest BCUT2D eigenvalue weighted by Crippen LogP contribution is 2.56. The molecule has 1 nitrogen and oxygen atoms in total. The molecule has 0 saturated heterocycles. The third kappa shape index (κ3) is 2.27. The van der Waals surface area contributed by atoms with Gasteiger partial charge >= 0.3 is 0 Å². The predicted octanol–water partition coefficient (Wildman–Crippen LogP) is 10.1. The molecule has 0 spiro atoms. The van der Waals surface area contributed by atoms with Gasteiger partial charge in [-0.25, -0.2) is 0 Å². The van der Waals surface area contributed by atoms with Gasteiger partial charge in [0.15, 0.2) is 0 Å². The third-order valence-corrected chi connectivity index (χ3v) is 10.7. The van der Waals surface area contributed by atoms with Crippen LogP contribution < -0.4 is 0 Å². The number of hydrogen-bond donors (Lipinski definition) is 0. The molecule has 0 saturated carbocycles. The van der Waals surface area contributed by atoms with E-state index in [2.05, 4.69) is 123 Å². The van der Waals surface area contributed by atoms with Crippen LogP contribution in [0, 0.1) is 0 Å². The quantitative estimate of drug-likeness (QED) is 0.209. The number of para-hydroxylation sites is 2. The first-order valence-electron chi connectivity index (χ1n) is 13.5. The summed E-state index contributed by atoms with van der Waals surface area (Å²) in [6, 6.07) is 34.6. The number of hydrogen-bond acceptors (Lipinski definition) is 1. The van der Waals surface area contributed by atoms with Crippen LogP contribution in [0.4, 0.5) is 0 Å². The number of fused-ring (bicyclic) bond motifs is 4. The van der Waals surface area contributed by atoms with Gasteiger partial charge in [-0.15, -0.1) is 11.3 Å². The predicted molar refractivity (Wildman–Crippen MR) is 163 cm³/mol. The minimum absolute atomic E-state index is 0.0488. The second-order valence-corrected chi connectivity index (χ2v) is 13.3. The maximum atomic E-state index is 2.61. The average Bonchev–Trinajstić information content (AvgIpc) is 3.47. The normalized spacial score (nSPS) is 16.3.